The molecule has 0 aromatic carbocycles. The van der Waals surface area contributed by atoms with Gasteiger partial charge in [0.2, 0.25) is 0 Å². The Hall–Kier alpha value is -1.22. The van der Waals surface area contributed by atoms with E-state index in [9.17, 15) is 9.59 Å². The largest absolute Gasteiger partial charge is 0.462 e. The molecule has 4 fully saturated rings. The van der Waals surface area contributed by atoms with Gasteiger partial charge in [-0.05, 0) is 85.7 Å². The van der Waals surface area contributed by atoms with Crippen LogP contribution in [0.2, 0.25) is 0 Å². The molecular formula is C35H61NO7. The average Bonchev–Trinajstić information content (AvgIpc) is 3.75. The molecule has 4 saturated heterocycles. The first-order valence-electron chi connectivity index (χ1n) is 17.6. The third-order valence-corrected chi connectivity index (χ3v) is 11.0. The van der Waals surface area contributed by atoms with Crippen LogP contribution in [0, 0.1) is 23.7 Å². The maximum atomic E-state index is 13.7. The molecule has 0 N–H and O–H groups in total. The lowest BCUT2D eigenvalue weighted by Crippen LogP contribution is -2.44. The molecule has 4 aliphatic rings. The van der Waals surface area contributed by atoms with E-state index in [1.54, 1.807) is 0 Å². The van der Waals surface area contributed by atoms with Crippen LogP contribution in [0.25, 0.3) is 0 Å². The predicted octanol–water partition coefficient (Wildman–Crippen LogP) is 6.32. The van der Waals surface area contributed by atoms with Gasteiger partial charge in [0.25, 0.3) is 0 Å². The van der Waals surface area contributed by atoms with Crippen molar-refractivity contribution in [1.29, 1.82) is 0 Å². The van der Waals surface area contributed by atoms with Crippen molar-refractivity contribution in [3.05, 3.63) is 0 Å². The molecule has 0 aliphatic carbocycles. The van der Waals surface area contributed by atoms with Crippen LogP contribution in [-0.2, 0) is 33.3 Å². The molecule has 8 heteroatoms. The molecule has 13 atom stereocenters. The number of hydrogen-bond acceptors (Lipinski definition) is 8. The smallest absolute Gasteiger partial charge is 0.311 e. The Morgan fingerprint density at radius 1 is 0.767 bits per heavy atom. The summed E-state index contributed by atoms with van der Waals surface area (Å²) in [4.78, 5) is 29.3. The maximum Gasteiger partial charge on any atom is 0.311 e. The van der Waals surface area contributed by atoms with Crippen LogP contribution in [0.4, 0.5) is 0 Å². The average molecular weight is 608 g/mol. The highest BCUT2D eigenvalue weighted by molar-refractivity contribution is 5.73. The van der Waals surface area contributed by atoms with E-state index < -0.39 is 0 Å². The zero-order valence-electron chi connectivity index (χ0n) is 28.3. The summed E-state index contributed by atoms with van der Waals surface area (Å²) in [6.07, 6.45) is 10.3. The normalized spacial score (nSPS) is 40.8. The zero-order chi connectivity index (χ0) is 31.3. The van der Waals surface area contributed by atoms with E-state index in [0.29, 0.717) is 12.5 Å². The molecule has 0 unspecified atom stereocenters. The maximum absolute atomic E-state index is 13.7. The van der Waals surface area contributed by atoms with Crippen molar-refractivity contribution >= 4 is 11.9 Å². The monoisotopic (exact) mass is 607 g/mol. The first kappa shape index (κ1) is 34.6. The molecule has 248 valence electrons. The SMILES string of the molecule is CCC[C@@H]1C[C@@H]2CC[C@@H](O2)[C@H](C)C(=O)O[C@@H]([C@H](C)[C@H]2CC[C@@H](C[C@@H](CCC)N(C)C)O2)[C@H](C)[C@@H]2CC[C@@H](O2)[C@@H](C)C(=O)O1. The van der Waals surface area contributed by atoms with Gasteiger partial charge in [-0.15, -0.1) is 0 Å². The van der Waals surface area contributed by atoms with Gasteiger partial charge in [-0.3, -0.25) is 9.59 Å². The second-order valence-electron chi connectivity index (χ2n) is 14.5. The third-order valence-electron chi connectivity index (χ3n) is 11.0. The molecule has 4 bridgehead atoms. The third kappa shape index (κ3) is 8.74. The summed E-state index contributed by atoms with van der Waals surface area (Å²) < 4.78 is 32.2. The molecule has 4 heterocycles. The van der Waals surface area contributed by atoms with E-state index in [0.717, 1.165) is 70.6 Å². The molecule has 0 aromatic heterocycles. The predicted molar refractivity (Wildman–Crippen MR) is 167 cm³/mol. The van der Waals surface area contributed by atoms with Crippen LogP contribution < -0.4 is 0 Å². The molecule has 4 aliphatic heterocycles. The van der Waals surface area contributed by atoms with Gasteiger partial charge >= 0.3 is 11.9 Å². The van der Waals surface area contributed by atoms with Crippen molar-refractivity contribution in [2.24, 2.45) is 23.7 Å². The van der Waals surface area contributed by atoms with E-state index in [1.807, 2.05) is 13.8 Å². The van der Waals surface area contributed by atoms with E-state index >= 15 is 0 Å². The van der Waals surface area contributed by atoms with Gasteiger partial charge in [0.1, 0.15) is 12.2 Å². The van der Waals surface area contributed by atoms with Gasteiger partial charge in [0, 0.05) is 24.3 Å². The Bertz CT molecular complexity index is 897. The second-order valence-corrected chi connectivity index (χ2v) is 14.5. The summed E-state index contributed by atoms with van der Waals surface area (Å²) in [6.45, 7) is 12.6. The fourth-order valence-electron chi connectivity index (χ4n) is 8.01. The minimum absolute atomic E-state index is 0.0175. The van der Waals surface area contributed by atoms with Gasteiger partial charge in [-0.25, -0.2) is 0 Å². The highest BCUT2D eigenvalue weighted by Gasteiger charge is 2.46. The van der Waals surface area contributed by atoms with E-state index in [2.05, 4.69) is 46.7 Å². The Balaban J connectivity index is 1.51. The van der Waals surface area contributed by atoms with Crippen LogP contribution in [0.1, 0.15) is 119 Å². The zero-order valence-corrected chi connectivity index (χ0v) is 28.3. The first-order chi connectivity index (χ1) is 20.5. The Kier molecular flexibility index (Phi) is 12.8. The lowest BCUT2D eigenvalue weighted by Gasteiger charge is -2.36. The summed E-state index contributed by atoms with van der Waals surface area (Å²) in [7, 11) is 4.32. The van der Waals surface area contributed by atoms with Gasteiger partial charge in [0.05, 0.1) is 48.5 Å². The quantitative estimate of drug-likeness (QED) is 0.282. The number of ether oxygens (including phenoxy) is 5. The summed E-state index contributed by atoms with van der Waals surface area (Å²) in [5.41, 5.74) is 0. The van der Waals surface area contributed by atoms with Crippen molar-refractivity contribution in [1.82, 2.24) is 4.90 Å². The Morgan fingerprint density at radius 3 is 2.09 bits per heavy atom. The minimum atomic E-state index is -0.364. The number of fused-ring (bicyclic) bond motifs is 4. The lowest BCUT2D eigenvalue weighted by atomic mass is 9.84. The molecule has 0 saturated carbocycles. The highest BCUT2D eigenvalue weighted by Crippen LogP contribution is 2.39. The fraction of sp³-hybridized carbons (Fsp3) is 0.943. The van der Waals surface area contributed by atoms with E-state index in [4.69, 9.17) is 23.7 Å². The molecule has 4 rings (SSSR count). The van der Waals surface area contributed by atoms with Crippen molar-refractivity contribution in [2.45, 2.75) is 173 Å². The topological polar surface area (TPSA) is 83.5 Å². The second kappa shape index (κ2) is 15.9. The first-order valence-corrected chi connectivity index (χ1v) is 17.6. The summed E-state index contributed by atoms with van der Waals surface area (Å²) >= 11 is 0. The number of nitrogens with zero attached hydrogens (tertiary/aromatic N) is 1. The molecule has 0 aromatic rings. The summed E-state index contributed by atoms with van der Waals surface area (Å²) in [5.74, 6) is -1.08. The Morgan fingerprint density at radius 2 is 1.42 bits per heavy atom. The number of esters is 2. The van der Waals surface area contributed by atoms with Crippen LogP contribution in [0.3, 0.4) is 0 Å². The number of carbonyl (C=O) groups is 2. The molecule has 0 amide bonds. The van der Waals surface area contributed by atoms with Gasteiger partial charge in [0.15, 0.2) is 0 Å². The van der Waals surface area contributed by atoms with Crippen LogP contribution in [0.5, 0.6) is 0 Å². The van der Waals surface area contributed by atoms with E-state index in [-0.39, 0.29) is 84.4 Å². The number of rotatable bonds is 9. The van der Waals surface area contributed by atoms with Crippen LogP contribution in [-0.4, -0.2) is 85.8 Å². The lowest BCUT2D eigenvalue weighted by molar-refractivity contribution is -0.175. The van der Waals surface area contributed by atoms with Crippen molar-refractivity contribution < 1.29 is 33.3 Å². The molecule has 0 radical (unpaired) electrons. The minimum Gasteiger partial charge on any atom is -0.462 e. The Labute approximate surface area is 261 Å². The number of carbonyl (C=O) groups excluding carboxylic acids is 2. The molecule has 43 heavy (non-hydrogen) atoms. The standard InChI is InChI=1S/C35H61NO7/c1-9-11-25(36(7)8)19-27-13-15-29(39-27)21(3)33-22(4)30-17-18-32(42-30)24(6)34(37)41-26(12-10-2)20-28-14-16-31(40-28)23(5)35(38)43-33/h21-33H,9-20H2,1-8H3/t21-,22-,23+,24-,25-,26-,27+,28+,29-,30+,31-,32-,33+/m1/s1. The fourth-order valence-corrected chi connectivity index (χ4v) is 8.01. The number of cyclic esters (lactones) is 2. The van der Waals surface area contributed by atoms with Crippen molar-refractivity contribution in [2.75, 3.05) is 14.1 Å². The van der Waals surface area contributed by atoms with Gasteiger partial charge in [-0.1, -0.05) is 40.5 Å². The van der Waals surface area contributed by atoms with Crippen LogP contribution >= 0.6 is 0 Å². The highest BCUT2D eigenvalue weighted by atomic mass is 16.6. The molecule has 8 nitrogen and oxygen atoms in total. The van der Waals surface area contributed by atoms with Crippen molar-refractivity contribution in [3.8, 4) is 0 Å². The molecular weight excluding hydrogens is 546 g/mol. The number of hydrogen-bond donors (Lipinski definition) is 0. The van der Waals surface area contributed by atoms with Gasteiger partial charge in [-0.2, -0.15) is 0 Å². The van der Waals surface area contributed by atoms with Gasteiger partial charge < -0.3 is 28.6 Å². The molecule has 0 spiro atoms. The summed E-state index contributed by atoms with van der Waals surface area (Å²) in [6, 6.07) is 0.509. The van der Waals surface area contributed by atoms with E-state index in [1.165, 1.54) is 0 Å². The van der Waals surface area contributed by atoms with Crippen LogP contribution in [0.15, 0.2) is 0 Å². The van der Waals surface area contributed by atoms with Crippen molar-refractivity contribution in [3.63, 3.8) is 0 Å². The summed E-state index contributed by atoms with van der Waals surface area (Å²) in [5, 5.41) is 0.